The number of carbonyl (C=O) groups excluding carboxylic acids is 1. The second kappa shape index (κ2) is 6.74. The topological polar surface area (TPSA) is 33.2 Å². The van der Waals surface area contributed by atoms with E-state index in [4.69, 9.17) is 11.6 Å². The maximum Gasteiger partial charge on any atom is 0.223 e. The Bertz CT molecular complexity index is 379. The van der Waals surface area contributed by atoms with Crippen LogP contribution in [-0.2, 0) is 11.3 Å². The smallest absolute Gasteiger partial charge is 0.223 e. The minimum Gasteiger partial charge on any atom is -0.335 e. The molecule has 1 fully saturated rings. The molecule has 0 aromatic carbocycles. The fraction of sp³-hybridized carbons (Fsp3) is 0.571. The summed E-state index contributed by atoms with van der Waals surface area (Å²) in [7, 11) is 0. The molecule has 2 rings (SSSR count). The lowest BCUT2D eigenvalue weighted by Gasteiger charge is -2.22. The monoisotopic (exact) mass is 266 g/mol. The molecule has 18 heavy (non-hydrogen) atoms. The minimum absolute atomic E-state index is 0.263. The maximum absolute atomic E-state index is 12.2. The zero-order valence-electron chi connectivity index (χ0n) is 10.5. The summed E-state index contributed by atoms with van der Waals surface area (Å²) in [6.07, 6.45) is 8.27. The fourth-order valence-electron chi connectivity index (χ4n) is 2.01. The second-order valence-corrected chi connectivity index (χ2v) is 5.13. The van der Waals surface area contributed by atoms with Crippen molar-refractivity contribution < 1.29 is 4.79 Å². The Labute approximate surface area is 113 Å². The van der Waals surface area contributed by atoms with E-state index in [1.165, 1.54) is 0 Å². The molecule has 1 aliphatic rings. The highest BCUT2D eigenvalue weighted by Crippen LogP contribution is 2.29. The highest BCUT2D eigenvalue weighted by Gasteiger charge is 2.31. The first-order chi connectivity index (χ1) is 8.81. The van der Waals surface area contributed by atoms with Gasteiger partial charge in [-0.1, -0.05) is 0 Å². The van der Waals surface area contributed by atoms with Crippen molar-refractivity contribution >= 4 is 17.5 Å². The van der Waals surface area contributed by atoms with Gasteiger partial charge in [0.15, 0.2) is 0 Å². The lowest BCUT2D eigenvalue weighted by molar-refractivity contribution is -0.132. The van der Waals surface area contributed by atoms with Crippen molar-refractivity contribution in [3.8, 4) is 0 Å². The molecule has 0 saturated heterocycles. The van der Waals surface area contributed by atoms with E-state index in [0.717, 1.165) is 31.2 Å². The standard InChI is InChI=1S/C14H19ClN2O/c15-8-2-1-3-14(18)17(13-4-5-13)11-12-6-9-16-10-7-12/h6-7,9-10,13H,1-5,8,11H2. The van der Waals surface area contributed by atoms with Gasteiger partial charge in [0.1, 0.15) is 0 Å². The van der Waals surface area contributed by atoms with Crippen LogP contribution >= 0.6 is 11.6 Å². The Morgan fingerprint density at radius 1 is 1.33 bits per heavy atom. The molecule has 1 heterocycles. The number of hydrogen-bond acceptors (Lipinski definition) is 2. The number of nitrogens with zero attached hydrogens (tertiary/aromatic N) is 2. The van der Waals surface area contributed by atoms with Gasteiger partial charge in [-0.15, -0.1) is 11.6 Å². The number of alkyl halides is 1. The van der Waals surface area contributed by atoms with Gasteiger partial charge < -0.3 is 4.90 Å². The van der Waals surface area contributed by atoms with E-state index >= 15 is 0 Å². The van der Waals surface area contributed by atoms with Crippen molar-refractivity contribution in [1.29, 1.82) is 0 Å². The van der Waals surface area contributed by atoms with Gasteiger partial charge in [-0.3, -0.25) is 9.78 Å². The van der Waals surface area contributed by atoms with Crippen molar-refractivity contribution in [3.63, 3.8) is 0 Å². The first-order valence-corrected chi connectivity index (χ1v) is 7.09. The number of halogens is 1. The molecule has 0 unspecified atom stereocenters. The van der Waals surface area contributed by atoms with Gasteiger partial charge in [0.05, 0.1) is 0 Å². The van der Waals surface area contributed by atoms with E-state index in [2.05, 4.69) is 4.98 Å². The summed E-state index contributed by atoms with van der Waals surface area (Å²) in [4.78, 5) is 18.2. The van der Waals surface area contributed by atoms with Crippen LogP contribution in [-0.4, -0.2) is 27.7 Å². The fourth-order valence-corrected chi connectivity index (χ4v) is 2.20. The van der Waals surface area contributed by atoms with Crippen LogP contribution in [0, 0.1) is 0 Å². The zero-order valence-corrected chi connectivity index (χ0v) is 11.3. The molecule has 98 valence electrons. The van der Waals surface area contributed by atoms with Crippen LogP contribution in [0.3, 0.4) is 0 Å². The third kappa shape index (κ3) is 3.98. The Balaban J connectivity index is 1.89. The average Bonchev–Trinajstić information content (AvgIpc) is 3.21. The van der Waals surface area contributed by atoms with Gasteiger partial charge in [0, 0.05) is 37.3 Å². The van der Waals surface area contributed by atoms with Gasteiger partial charge in [-0.2, -0.15) is 0 Å². The molecule has 1 aliphatic carbocycles. The molecular weight excluding hydrogens is 248 g/mol. The molecule has 0 bridgehead atoms. The highest BCUT2D eigenvalue weighted by atomic mass is 35.5. The average molecular weight is 267 g/mol. The molecule has 1 amide bonds. The molecule has 0 radical (unpaired) electrons. The summed E-state index contributed by atoms with van der Waals surface area (Å²) in [6, 6.07) is 4.41. The number of rotatable bonds is 7. The van der Waals surface area contributed by atoms with Crippen LogP contribution in [0.2, 0.25) is 0 Å². The molecule has 0 spiro atoms. The number of hydrogen-bond donors (Lipinski definition) is 0. The van der Waals surface area contributed by atoms with Gasteiger partial charge >= 0.3 is 0 Å². The van der Waals surface area contributed by atoms with Crippen LogP contribution < -0.4 is 0 Å². The van der Waals surface area contributed by atoms with E-state index in [-0.39, 0.29) is 5.91 Å². The Morgan fingerprint density at radius 2 is 2.06 bits per heavy atom. The molecule has 1 aromatic rings. The largest absolute Gasteiger partial charge is 0.335 e. The summed E-state index contributed by atoms with van der Waals surface area (Å²) in [5, 5.41) is 0. The summed E-state index contributed by atoms with van der Waals surface area (Å²) in [5.41, 5.74) is 1.16. The minimum atomic E-state index is 0.263. The third-order valence-corrected chi connectivity index (χ3v) is 3.45. The molecule has 1 aromatic heterocycles. The quantitative estimate of drug-likeness (QED) is 0.562. The van der Waals surface area contributed by atoms with Gasteiger partial charge in [0.2, 0.25) is 5.91 Å². The maximum atomic E-state index is 12.2. The summed E-state index contributed by atoms with van der Waals surface area (Å²) < 4.78 is 0. The van der Waals surface area contributed by atoms with Gasteiger partial charge in [-0.25, -0.2) is 0 Å². The van der Waals surface area contributed by atoms with Crippen LogP contribution in [0.4, 0.5) is 0 Å². The Hall–Kier alpha value is -1.09. The van der Waals surface area contributed by atoms with Gasteiger partial charge in [-0.05, 0) is 43.4 Å². The third-order valence-electron chi connectivity index (χ3n) is 3.18. The van der Waals surface area contributed by atoms with Crippen LogP contribution in [0.25, 0.3) is 0 Å². The van der Waals surface area contributed by atoms with Crippen molar-refractivity contribution in [2.24, 2.45) is 0 Å². The number of unbranched alkanes of at least 4 members (excludes halogenated alkanes) is 1. The van der Waals surface area contributed by atoms with E-state index in [1.807, 2.05) is 17.0 Å². The normalized spacial score (nSPS) is 14.5. The van der Waals surface area contributed by atoms with Crippen molar-refractivity contribution in [2.75, 3.05) is 5.88 Å². The zero-order chi connectivity index (χ0) is 12.8. The molecule has 0 N–H and O–H groups in total. The molecule has 4 heteroatoms. The van der Waals surface area contributed by atoms with E-state index in [1.54, 1.807) is 12.4 Å². The predicted molar refractivity (Wildman–Crippen MR) is 72.4 cm³/mol. The van der Waals surface area contributed by atoms with Gasteiger partial charge in [0.25, 0.3) is 0 Å². The lowest BCUT2D eigenvalue weighted by atomic mass is 10.2. The summed E-state index contributed by atoms with van der Waals surface area (Å²) in [6.45, 7) is 0.715. The van der Waals surface area contributed by atoms with Crippen LogP contribution in [0.15, 0.2) is 24.5 Å². The van der Waals surface area contributed by atoms with Crippen molar-refractivity contribution in [3.05, 3.63) is 30.1 Å². The van der Waals surface area contributed by atoms with E-state index in [9.17, 15) is 4.79 Å². The first-order valence-electron chi connectivity index (χ1n) is 6.55. The lowest BCUT2D eigenvalue weighted by Crippen LogP contribution is -2.32. The predicted octanol–water partition coefficient (Wildman–Crippen LogP) is 2.98. The Morgan fingerprint density at radius 3 is 2.67 bits per heavy atom. The number of pyridine rings is 1. The highest BCUT2D eigenvalue weighted by molar-refractivity contribution is 6.17. The molecule has 3 nitrogen and oxygen atoms in total. The van der Waals surface area contributed by atoms with E-state index in [0.29, 0.717) is 24.9 Å². The summed E-state index contributed by atoms with van der Waals surface area (Å²) >= 11 is 5.64. The van der Waals surface area contributed by atoms with Crippen LogP contribution in [0.5, 0.6) is 0 Å². The first kappa shape index (κ1) is 13.3. The second-order valence-electron chi connectivity index (χ2n) is 4.75. The number of amides is 1. The molecule has 1 saturated carbocycles. The van der Waals surface area contributed by atoms with Crippen molar-refractivity contribution in [2.45, 2.75) is 44.7 Å². The molecule has 0 aliphatic heterocycles. The summed E-state index contributed by atoms with van der Waals surface area (Å²) in [5.74, 6) is 0.903. The van der Waals surface area contributed by atoms with E-state index < -0.39 is 0 Å². The Kier molecular flexibility index (Phi) is 5.00. The van der Waals surface area contributed by atoms with Crippen molar-refractivity contribution in [1.82, 2.24) is 9.88 Å². The SMILES string of the molecule is O=C(CCCCCl)N(Cc1ccncc1)C1CC1. The number of aromatic nitrogens is 1. The molecule has 0 atom stereocenters. The van der Waals surface area contributed by atoms with Crippen LogP contribution in [0.1, 0.15) is 37.7 Å². The molecular formula is C14H19ClN2O. The number of carbonyl (C=O) groups is 1.